The van der Waals surface area contributed by atoms with Crippen molar-refractivity contribution in [3.63, 3.8) is 0 Å². The van der Waals surface area contributed by atoms with Crippen LogP contribution in [0.15, 0.2) is 23.1 Å². The first-order valence-corrected chi connectivity index (χ1v) is 8.05. The van der Waals surface area contributed by atoms with E-state index in [0.29, 0.717) is 6.54 Å². The summed E-state index contributed by atoms with van der Waals surface area (Å²) < 4.78 is 0. The van der Waals surface area contributed by atoms with E-state index in [0.717, 1.165) is 35.4 Å². The molecule has 1 atom stereocenters. The third-order valence-corrected chi connectivity index (χ3v) is 4.56. The van der Waals surface area contributed by atoms with Crippen molar-refractivity contribution >= 4 is 17.7 Å². The SMILES string of the molecule is CSc1ccc(C)c(C(=O)N2CCCCC2CN)c1. The minimum absolute atomic E-state index is 0.142. The second-order valence-electron chi connectivity index (χ2n) is 5.06. The molecule has 0 saturated carbocycles. The smallest absolute Gasteiger partial charge is 0.254 e. The number of carbonyl (C=O) groups excluding carboxylic acids is 1. The zero-order valence-corrected chi connectivity index (χ0v) is 12.5. The number of piperidine rings is 1. The van der Waals surface area contributed by atoms with Gasteiger partial charge in [-0.1, -0.05) is 6.07 Å². The Labute approximate surface area is 119 Å². The van der Waals surface area contributed by atoms with Crippen molar-refractivity contribution in [1.82, 2.24) is 4.90 Å². The lowest BCUT2D eigenvalue weighted by molar-refractivity contribution is 0.0622. The van der Waals surface area contributed by atoms with Gasteiger partial charge in [-0.05, 0) is 50.1 Å². The maximum absolute atomic E-state index is 12.7. The van der Waals surface area contributed by atoms with Crippen LogP contribution in [0.5, 0.6) is 0 Å². The molecule has 1 amide bonds. The van der Waals surface area contributed by atoms with Crippen LogP contribution in [0, 0.1) is 6.92 Å². The van der Waals surface area contributed by atoms with Crippen molar-refractivity contribution in [2.75, 3.05) is 19.3 Å². The quantitative estimate of drug-likeness (QED) is 0.865. The molecule has 1 fully saturated rings. The molecular weight excluding hydrogens is 256 g/mol. The van der Waals surface area contributed by atoms with Crippen molar-refractivity contribution in [1.29, 1.82) is 0 Å². The second kappa shape index (κ2) is 6.44. The molecular formula is C15H22N2OS. The maximum atomic E-state index is 12.7. The molecule has 2 N–H and O–H groups in total. The van der Waals surface area contributed by atoms with Crippen LogP contribution < -0.4 is 5.73 Å². The van der Waals surface area contributed by atoms with Gasteiger partial charge < -0.3 is 10.6 Å². The molecule has 4 heteroatoms. The highest BCUT2D eigenvalue weighted by Crippen LogP contribution is 2.24. The Bertz CT molecular complexity index is 461. The average Bonchev–Trinajstić information content (AvgIpc) is 2.47. The van der Waals surface area contributed by atoms with Crippen LogP contribution in [0.3, 0.4) is 0 Å². The molecule has 104 valence electrons. The molecule has 1 unspecified atom stereocenters. The molecule has 1 heterocycles. The Morgan fingerprint density at radius 3 is 2.95 bits per heavy atom. The fourth-order valence-corrected chi connectivity index (χ4v) is 3.07. The Hall–Kier alpha value is -1.00. The summed E-state index contributed by atoms with van der Waals surface area (Å²) >= 11 is 1.67. The van der Waals surface area contributed by atoms with Gasteiger partial charge in [-0.15, -0.1) is 11.8 Å². The molecule has 1 saturated heterocycles. The van der Waals surface area contributed by atoms with Gasteiger partial charge in [-0.2, -0.15) is 0 Å². The van der Waals surface area contributed by atoms with Crippen molar-refractivity contribution in [2.24, 2.45) is 5.73 Å². The highest BCUT2D eigenvalue weighted by molar-refractivity contribution is 7.98. The molecule has 1 aromatic rings. The molecule has 0 bridgehead atoms. The van der Waals surface area contributed by atoms with E-state index in [2.05, 4.69) is 6.07 Å². The summed E-state index contributed by atoms with van der Waals surface area (Å²) in [6, 6.07) is 6.30. The van der Waals surface area contributed by atoms with E-state index in [1.807, 2.05) is 30.2 Å². The van der Waals surface area contributed by atoms with Crippen LogP contribution in [0.2, 0.25) is 0 Å². The highest BCUT2D eigenvalue weighted by Gasteiger charge is 2.27. The number of nitrogens with zero attached hydrogens (tertiary/aromatic N) is 1. The predicted octanol–water partition coefficient (Wildman–Crippen LogP) is 2.67. The van der Waals surface area contributed by atoms with Crippen LogP contribution in [0.4, 0.5) is 0 Å². The summed E-state index contributed by atoms with van der Waals surface area (Å²) in [7, 11) is 0. The van der Waals surface area contributed by atoms with E-state index in [1.54, 1.807) is 11.8 Å². The van der Waals surface area contributed by atoms with Gasteiger partial charge in [0, 0.05) is 29.6 Å². The summed E-state index contributed by atoms with van der Waals surface area (Å²) in [6.45, 7) is 3.40. The Morgan fingerprint density at radius 1 is 1.47 bits per heavy atom. The Balaban J connectivity index is 2.27. The number of hydrogen-bond acceptors (Lipinski definition) is 3. The summed E-state index contributed by atoms with van der Waals surface area (Å²) in [5, 5.41) is 0. The lowest BCUT2D eigenvalue weighted by Crippen LogP contribution is -2.47. The minimum atomic E-state index is 0.142. The summed E-state index contributed by atoms with van der Waals surface area (Å²) in [5.74, 6) is 0.142. The number of aryl methyl sites for hydroxylation is 1. The minimum Gasteiger partial charge on any atom is -0.334 e. The Morgan fingerprint density at radius 2 is 2.26 bits per heavy atom. The number of carbonyl (C=O) groups is 1. The van der Waals surface area contributed by atoms with E-state index < -0.39 is 0 Å². The van der Waals surface area contributed by atoms with Crippen LogP contribution in [-0.2, 0) is 0 Å². The molecule has 0 radical (unpaired) electrons. The van der Waals surface area contributed by atoms with Crippen LogP contribution in [0.25, 0.3) is 0 Å². The number of rotatable bonds is 3. The number of hydrogen-bond donors (Lipinski definition) is 1. The molecule has 0 spiro atoms. The van der Waals surface area contributed by atoms with Crippen molar-refractivity contribution in [2.45, 2.75) is 37.1 Å². The van der Waals surface area contributed by atoms with Crippen LogP contribution in [-0.4, -0.2) is 36.2 Å². The van der Waals surface area contributed by atoms with E-state index in [-0.39, 0.29) is 11.9 Å². The molecule has 1 aliphatic heterocycles. The molecule has 0 aliphatic carbocycles. The van der Waals surface area contributed by atoms with Crippen LogP contribution in [0.1, 0.15) is 35.2 Å². The summed E-state index contributed by atoms with van der Waals surface area (Å²) in [5.41, 5.74) is 7.68. The molecule has 2 rings (SSSR count). The predicted molar refractivity (Wildman–Crippen MR) is 80.7 cm³/mol. The third kappa shape index (κ3) is 3.12. The first-order valence-electron chi connectivity index (χ1n) is 6.83. The van der Waals surface area contributed by atoms with Gasteiger partial charge in [0.1, 0.15) is 0 Å². The van der Waals surface area contributed by atoms with Gasteiger partial charge in [0.15, 0.2) is 0 Å². The van der Waals surface area contributed by atoms with Gasteiger partial charge in [0.2, 0.25) is 0 Å². The average molecular weight is 278 g/mol. The first-order chi connectivity index (χ1) is 9.17. The first kappa shape index (κ1) is 14.4. The van der Waals surface area contributed by atoms with E-state index in [1.165, 1.54) is 6.42 Å². The molecule has 19 heavy (non-hydrogen) atoms. The number of nitrogens with two attached hydrogens (primary N) is 1. The monoisotopic (exact) mass is 278 g/mol. The van der Waals surface area contributed by atoms with Gasteiger partial charge in [0.05, 0.1) is 0 Å². The zero-order chi connectivity index (χ0) is 13.8. The fourth-order valence-electron chi connectivity index (χ4n) is 2.63. The van der Waals surface area contributed by atoms with Gasteiger partial charge in [-0.3, -0.25) is 4.79 Å². The fraction of sp³-hybridized carbons (Fsp3) is 0.533. The molecule has 3 nitrogen and oxygen atoms in total. The van der Waals surface area contributed by atoms with E-state index in [4.69, 9.17) is 5.73 Å². The van der Waals surface area contributed by atoms with Crippen molar-refractivity contribution in [3.05, 3.63) is 29.3 Å². The standard InChI is InChI=1S/C15H22N2OS/c1-11-6-7-13(19-2)9-14(11)15(18)17-8-4-3-5-12(17)10-16/h6-7,9,12H,3-5,8,10,16H2,1-2H3. The largest absolute Gasteiger partial charge is 0.334 e. The zero-order valence-electron chi connectivity index (χ0n) is 11.7. The normalized spacial score (nSPS) is 19.5. The number of thioether (sulfide) groups is 1. The second-order valence-corrected chi connectivity index (χ2v) is 5.94. The summed E-state index contributed by atoms with van der Waals surface area (Å²) in [6.07, 6.45) is 5.32. The van der Waals surface area contributed by atoms with Gasteiger partial charge in [-0.25, -0.2) is 0 Å². The lowest BCUT2D eigenvalue weighted by atomic mass is 9.99. The number of amides is 1. The van der Waals surface area contributed by atoms with Crippen LogP contribution >= 0.6 is 11.8 Å². The number of likely N-dealkylation sites (tertiary alicyclic amines) is 1. The number of benzene rings is 1. The molecule has 1 aromatic carbocycles. The van der Waals surface area contributed by atoms with Gasteiger partial charge >= 0.3 is 0 Å². The molecule has 1 aliphatic rings. The van der Waals surface area contributed by atoms with E-state index >= 15 is 0 Å². The topological polar surface area (TPSA) is 46.3 Å². The Kier molecular flexibility index (Phi) is 4.88. The van der Waals surface area contributed by atoms with Crippen molar-refractivity contribution in [3.8, 4) is 0 Å². The highest BCUT2D eigenvalue weighted by atomic mass is 32.2. The lowest BCUT2D eigenvalue weighted by Gasteiger charge is -2.35. The van der Waals surface area contributed by atoms with Crippen molar-refractivity contribution < 1.29 is 4.79 Å². The third-order valence-electron chi connectivity index (χ3n) is 3.84. The van der Waals surface area contributed by atoms with Gasteiger partial charge in [0.25, 0.3) is 5.91 Å². The summed E-state index contributed by atoms with van der Waals surface area (Å²) in [4.78, 5) is 15.8. The maximum Gasteiger partial charge on any atom is 0.254 e. The van der Waals surface area contributed by atoms with E-state index in [9.17, 15) is 4.79 Å². The molecule has 0 aromatic heterocycles.